The third-order valence-corrected chi connectivity index (χ3v) is 3.55. The normalized spacial score (nSPS) is 12.9. The molecule has 0 saturated carbocycles. The van der Waals surface area contributed by atoms with E-state index >= 15 is 0 Å². The molecule has 0 fully saturated rings. The smallest absolute Gasteiger partial charge is 0.119 e. The fourth-order valence-electron chi connectivity index (χ4n) is 1.96. The number of hydrogen-bond acceptors (Lipinski definition) is 3. The Hall–Kier alpha value is -1.06. The minimum Gasteiger partial charge on any atom is -0.494 e. The largest absolute Gasteiger partial charge is 0.494 e. The molecule has 1 unspecified atom stereocenters. The van der Waals surface area contributed by atoms with Crippen molar-refractivity contribution in [1.29, 1.82) is 0 Å². The zero-order valence-electron chi connectivity index (χ0n) is 14.4. The molecule has 0 bridgehead atoms. The van der Waals surface area contributed by atoms with Crippen molar-refractivity contribution in [3.8, 4) is 5.75 Å². The fourth-order valence-corrected chi connectivity index (χ4v) is 1.96. The summed E-state index contributed by atoms with van der Waals surface area (Å²) in [5.74, 6) is 1.66. The monoisotopic (exact) mass is 292 g/mol. The van der Waals surface area contributed by atoms with E-state index in [0.29, 0.717) is 12.0 Å². The van der Waals surface area contributed by atoms with Crippen LogP contribution in [0.25, 0.3) is 0 Å². The summed E-state index contributed by atoms with van der Waals surface area (Å²) in [7, 11) is 4.23. The maximum absolute atomic E-state index is 5.74. The lowest BCUT2D eigenvalue weighted by atomic mass is 10.1. The van der Waals surface area contributed by atoms with Crippen molar-refractivity contribution in [2.24, 2.45) is 5.92 Å². The molecule has 0 heterocycles. The van der Waals surface area contributed by atoms with Crippen molar-refractivity contribution in [2.75, 3.05) is 27.2 Å². The van der Waals surface area contributed by atoms with Crippen molar-refractivity contribution in [2.45, 2.75) is 46.2 Å². The van der Waals surface area contributed by atoms with E-state index in [9.17, 15) is 0 Å². The van der Waals surface area contributed by atoms with E-state index in [1.807, 2.05) is 0 Å². The highest BCUT2D eigenvalue weighted by molar-refractivity contribution is 5.27. The summed E-state index contributed by atoms with van der Waals surface area (Å²) in [6.45, 7) is 9.52. The van der Waals surface area contributed by atoms with E-state index in [2.05, 4.69) is 69.3 Å². The van der Waals surface area contributed by atoms with Gasteiger partial charge in [0.05, 0.1) is 6.61 Å². The Morgan fingerprint density at radius 1 is 1.05 bits per heavy atom. The highest BCUT2D eigenvalue weighted by Gasteiger charge is 2.03. The molecule has 0 aliphatic rings. The Labute approximate surface area is 130 Å². The van der Waals surface area contributed by atoms with Crippen molar-refractivity contribution < 1.29 is 4.74 Å². The molecular weight excluding hydrogens is 260 g/mol. The first-order chi connectivity index (χ1) is 9.97. The lowest BCUT2D eigenvalue weighted by molar-refractivity contribution is 0.289. The zero-order valence-corrected chi connectivity index (χ0v) is 14.4. The molecule has 1 aromatic carbocycles. The molecule has 0 spiro atoms. The lowest BCUT2D eigenvalue weighted by Crippen LogP contribution is -2.29. The van der Waals surface area contributed by atoms with Gasteiger partial charge in [-0.1, -0.05) is 26.0 Å². The minimum atomic E-state index is 0.536. The molecule has 0 aromatic heterocycles. The predicted octanol–water partition coefficient (Wildman–Crippen LogP) is 3.54. The molecule has 0 aliphatic carbocycles. The van der Waals surface area contributed by atoms with Crippen LogP contribution in [0.15, 0.2) is 24.3 Å². The second kappa shape index (κ2) is 9.80. The molecule has 3 nitrogen and oxygen atoms in total. The third-order valence-electron chi connectivity index (χ3n) is 3.55. The Kier molecular flexibility index (Phi) is 8.40. The summed E-state index contributed by atoms with van der Waals surface area (Å²) in [4.78, 5) is 2.22. The van der Waals surface area contributed by atoms with Gasteiger partial charge < -0.3 is 15.0 Å². The van der Waals surface area contributed by atoms with Crippen LogP contribution in [0.2, 0.25) is 0 Å². The number of nitrogens with one attached hydrogen (secondary N) is 1. The van der Waals surface area contributed by atoms with Gasteiger partial charge in [-0.05, 0) is 64.0 Å². The molecule has 21 heavy (non-hydrogen) atoms. The first kappa shape index (κ1) is 18.0. The summed E-state index contributed by atoms with van der Waals surface area (Å²) < 4.78 is 5.74. The van der Waals surface area contributed by atoms with Crippen molar-refractivity contribution in [1.82, 2.24) is 10.2 Å². The molecule has 1 atom stereocenters. The summed E-state index contributed by atoms with van der Waals surface area (Å²) in [5, 5.41) is 3.56. The topological polar surface area (TPSA) is 24.5 Å². The average Bonchev–Trinajstić information content (AvgIpc) is 2.44. The lowest BCUT2D eigenvalue weighted by Gasteiger charge is -2.17. The van der Waals surface area contributed by atoms with Crippen molar-refractivity contribution in [3.63, 3.8) is 0 Å². The number of hydrogen-bond donors (Lipinski definition) is 1. The van der Waals surface area contributed by atoms with Crippen LogP contribution in [0.3, 0.4) is 0 Å². The molecule has 3 heteroatoms. The first-order valence-corrected chi connectivity index (χ1v) is 8.07. The van der Waals surface area contributed by atoms with Gasteiger partial charge >= 0.3 is 0 Å². The molecule has 0 amide bonds. The highest BCUT2D eigenvalue weighted by Crippen LogP contribution is 2.13. The molecular formula is C18H32N2O. The van der Waals surface area contributed by atoms with Gasteiger partial charge in [-0.25, -0.2) is 0 Å². The van der Waals surface area contributed by atoms with Gasteiger partial charge in [-0.3, -0.25) is 0 Å². The van der Waals surface area contributed by atoms with Crippen LogP contribution in [-0.4, -0.2) is 38.2 Å². The average molecular weight is 292 g/mol. The first-order valence-electron chi connectivity index (χ1n) is 8.07. The number of benzene rings is 1. The quantitative estimate of drug-likeness (QED) is 0.714. The molecule has 120 valence electrons. The van der Waals surface area contributed by atoms with Gasteiger partial charge in [0.25, 0.3) is 0 Å². The van der Waals surface area contributed by atoms with E-state index in [4.69, 9.17) is 4.74 Å². The molecule has 0 radical (unpaired) electrons. The molecule has 1 aromatic rings. The second-order valence-electron chi connectivity index (χ2n) is 6.55. The van der Waals surface area contributed by atoms with Crippen LogP contribution < -0.4 is 10.1 Å². The van der Waals surface area contributed by atoms with Gasteiger partial charge in [0.2, 0.25) is 0 Å². The number of ether oxygens (including phenoxy) is 1. The van der Waals surface area contributed by atoms with Crippen molar-refractivity contribution >= 4 is 0 Å². The fraction of sp³-hybridized carbons (Fsp3) is 0.667. The zero-order chi connectivity index (χ0) is 15.7. The summed E-state index contributed by atoms with van der Waals surface area (Å²) in [6, 6.07) is 8.98. The minimum absolute atomic E-state index is 0.536. The Balaban J connectivity index is 2.27. The van der Waals surface area contributed by atoms with Crippen LogP contribution in [0.5, 0.6) is 5.75 Å². The molecule has 0 aliphatic heterocycles. The Bertz CT molecular complexity index is 373. The predicted molar refractivity (Wildman–Crippen MR) is 90.9 cm³/mol. The van der Waals surface area contributed by atoms with Crippen LogP contribution >= 0.6 is 0 Å². The molecule has 0 saturated heterocycles. The van der Waals surface area contributed by atoms with Crippen LogP contribution in [0.4, 0.5) is 0 Å². The SMILES string of the molecule is CC(C)CCOc1ccc(CNC(C)CCN(C)C)cc1. The summed E-state index contributed by atoms with van der Waals surface area (Å²) in [5.41, 5.74) is 1.31. The van der Waals surface area contributed by atoms with Crippen molar-refractivity contribution in [3.05, 3.63) is 29.8 Å². The molecule has 1 N–H and O–H groups in total. The second-order valence-corrected chi connectivity index (χ2v) is 6.55. The van der Waals surface area contributed by atoms with E-state index in [1.54, 1.807) is 0 Å². The van der Waals surface area contributed by atoms with Gasteiger partial charge in [0.1, 0.15) is 5.75 Å². The number of rotatable bonds is 10. The molecule has 1 rings (SSSR count). The van der Waals surface area contributed by atoms with E-state index in [-0.39, 0.29) is 0 Å². The summed E-state index contributed by atoms with van der Waals surface area (Å²) in [6.07, 6.45) is 2.27. The van der Waals surface area contributed by atoms with Crippen LogP contribution in [0.1, 0.15) is 39.2 Å². The van der Waals surface area contributed by atoms with Gasteiger partial charge in [0, 0.05) is 12.6 Å². The summed E-state index contributed by atoms with van der Waals surface area (Å²) >= 11 is 0. The highest BCUT2D eigenvalue weighted by atomic mass is 16.5. The Morgan fingerprint density at radius 2 is 1.71 bits per heavy atom. The third kappa shape index (κ3) is 8.74. The standard InChI is InChI=1S/C18H32N2O/c1-15(2)11-13-21-18-8-6-17(7-9-18)14-19-16(3)10-12-20(4)5/h6-9,15-16,19H,10-14H2,1-5H3. The van der Waals surface area contributed by atoms with Gasteiger partial charge in [0.15, 0.2) is 0 Å². The van der Waals surface area contributed by atoms with E-state index in [0.717, 1.165) is 31.9 Å². The van der Waals surface area contributed by atoms with Crippen LogP contribution in [-0.2, 0) is 6.54 Å². The Morgan fingerprint density at radius 3 is 2.29 bits per heavy atom. The number of nitrogens with zero attached hydrogens (tertiary/aromatic N) is 1. The maximum atomic E-state index is 5.74. The van der Waals surface area contributed by atoms with Gasteiger partial charge in [-0.2, -0.15) is 0 Å². The van der Waals surface area contributed by atoms with E-state index < -0.39 is 0 Å². The van der Waals surface area contributed by atoms with E-state index in [1.165, 1.54) is 12.0 Å². The van der Waals surface area contributed by atoms with Gasteiger partial charge in [-0.15, -0.1) is 0 Å². The van der Waals surface area contributed by atoms with Crippen LogP contribution in [0, 0.1) is 5.92 Å². The maximum Gasteiger partial charge on any atom is 0.119 e.